The Kier molecular flexibility index (Phi) is 7.61. The van der Waals surface area contributed by atoms with E-state index in [1.54, 1.807) is 20.8 Å². The van der Waals surface area contributed by atoms with Crippen molar-refractivity contribution in [3.05, 3.63) is 35.9 Å². The van der Waals surface area contributed by atoms with Gasteiger partial charge >= 0.3 is 6.09 Å². The first-order chi connectivity index (χ1) is 11.5. The number of carbonyl (C=O) groups excluding carboxylic acids is 2. The Morgan fingerprint density at radius 2 is 1.72 bits per heavy atom. The van der Waals surface area contributed by atoms with Crippen molar-refractivity contribution in [1.82, 2.24) is 5.32 Å². The standard InChI is InChI=1S/C20H31NO4/c1-19(2,3)25-18(24)21-16(13-15-9-7-6-8-10-15)17(23)11-12-20(4,5)14-22/h6-10,16,22H,11-14H2,1-5H3,(H,21,24)/t16-/m0/s1. The molecular formula is C20H31NO4. The number of rotatable bonds is 8. The van der Waals surface area contributed by atoms with Gasteiger partial charge in [0.15, 0.2) is 5.78 Å². The number of amides is 1. The highest BCUT2D eigenvalue weighted by Crippen LogP contribution is 2.22. The molecule has 0 heterocycles. The van der Waals surface area contributed by atoms with Gasteiger partial charge in [0.25, 0.3) is 0 Å². The van der Waals surface area contributed by atoms with Gasteiger partial charge in [-0.15, -0.1) is 0 Å². The lowest BCUT2D eigenvalue weighted by Gasteiger charge is -2.25. The molecule has 1 aromatic carbocycles. The van der Waals surface area contributed by atoms with Gasteiger partial charge < -0.3 is 15.2 Å². The molecule has 0 aliphatic rings. The fourth-order valence-corrected chi connectivity index (χ4v) is 2.26. The maximum atomic E-state index is 12.7. The summed E-state index contributed by atoms with van der Waals surface area (Å²) in [6.45, 7) is 9.18. The van der Waals surface area contributed by atoms with Crippen molar-refractivity contribution in [2.24, 2.45) is 5.41 Å². The van der Waals surface area contributed by atoms with Gasteiger partial charge in [0.2, 0.25) is 0 Å². The molecule has 1 amide bonds. The van der Waals surface area contributed by atoms with Crippen LogP contribution in [0.15, 0.2) is 30.3 Å². The molecule has 2 N–H and O–H groups in total. The van der Waals surface area contributed by atoms with Crippen molar-refractivity contribution < 1.29 is 19.4 Å². The molecule has 5 heteroatoms. The number of hydrogen-bond acceptors (Lipinski definition) is 4. The summed E-state index contributed by atoms with van der Waals surface area (Å²) in [6, 6.07) is 8.92. The molecule has 0 bridgehead atoms. The lowest BCUT2D eigenvalue weighted by molar-refractivity contribution is -0.121. The predicted molar refractivity (Wildman–Crippen MR) is 98.4 cm³/mol. The first kappa shape index (κ1) is 21.2. The first-order valence-electron chi connectivity index (χ1n) is 8.69. The summed E-state index contributed by atoms with van der Waals surface area (Å²) < 4.78 is 5.28. The second-order valence-corrected chi connectivity index (χ2v) is 8.18. The monoisotopic (exact) mass is 349 g/mol. The van der Waals surface area contributed by atoms with Crippen LogP contribution in [-0.2, 0) is 16.0 Å². The van der Waals surface area contributed by atoms with Gasteiger partial charge in [0, 0.05) is 13.0 Å². The zero-order valence-corrected chi connectivity index (χ0v) is 16.0. The van der Waals surface area contributed by atoms with Gasteiger partial charge in [-0.1, -0.05) is 44.2 Å². The van der Waals surface area contributed by atoms with Crippen molar-refractivity contribution in [1.29, 1.82) is 0 Å². The van der Waals surface area contributed by atoms with Crippen LogP contribution < -0.4 is 5.32 Å². The van der Waals surface area contributed by atoms with Gasteiger partial charge in [-0.2, -0.15) is 0 Å². The van der Waals surface area contributed by atoms with Crippen LogP contribution >= 0.6 is 0 Å². The lowest BCUT2D eigenvalue weighted by atomic mass is 9.86. The van der Waals surface area contributed by atoms with E-state index in [9.17, 15) is 14.7 Å². The molecule has 0 radical (unpaired) electrons. The Labute approximate surface area is 150 Å². The molecule has 1 rings (SSSR count). The molecule has 0 aliphatic carbocycles. The minimum absolute atomic E-state index is 0.0170. The Morgan fingerprint density at radius 3 is 2.24 bits per heavy atom. The topological polar surface area (TPSA) is 75.6 Å². The molecule has 0 aliphatic heterocycles. The van der Waals surface area contributed by atoms with Crippen LogP contribution in [0.5, 0.6) is 0 Å². The fraction of sp³-hybridized carbons (Fsp3) is 0.600. The number of Topliss-reactive ketones (excluding diaryl/α,β-unsaturated/α-hetero) is 1. The number of alkyl carbamates (subject to hydrolysis) is 1. The second kappa shape index (κ2) is 8.99. The van der Waals surface area contributed by atoms with Crippen molar-refractivity contribution in [3.63, 3.8) is 0 Å². The Hall–Kier alpha value is -1.88. The molecule has 0 saturated heterocycles. The number of benzene rings is 1. The van der Waals surface area contributed by atoms with E-state index in [4.69, 9.17) is 4.74 Å². The summed E-state index contributed by atoms with van der Waals surface area (Å²) >= 11 is 0. The number of ketones is 1. The van der Waals surface area contributed by atoms with E-state index in [1.807, 2.05) is 44.2 Å². The Balaban J connectivity index is 2.79. The third-order valence-corrected chi connectivity index (χ3v) is 3.84. The number of ether oxygens (including phenoxy) is 1. The van der Waals surface area contributed by atoms with Crippen LogP contribution in [0, 0.1) is 5.41 Å². The van der Waals surface area contributed by atoms with E-state index in [-0.39, 0.29) is 17.8 Å². The molecule has 25 heavy (non-hydrogen) atoms. The summed E-state index contributed by atoms with van der Waals surface area (Å²) in [5.74, 6) is -0.0590. The zero-order chi connectivity index (χ0) is 19.1. The number of carbonyl (C=O) groups is 2. The van der Waals surface area contributed by atoms with Crippen molar-refractivity contribution >= 4 is 11.9 Å². The van der Waals surface area contributed by atoms with E-state index >= 15 is 0 Å². The number of aliphatic hydroxyl groups excluding tert-OH is 1. The average molecular weight is 349 g/mol. The second-order valence-electron chi connectivity index (χ2n) is 8.18. The molecular weight excluding hydrogens is 318 g/mol. The van der Waals surface area contributed by atoms with Crippen molar-refractivity contribution in [3.8, 4) is 0 Å². The van der Waals surface area contributed by atoms with Crippen LogP contribution in [0.3, 0.4) is 0 Å². The van der Waals surface area contributed by atoms with Crippen molar-refractivity contribution in [2.45, 2.75) is 65.5 Å². The number of hydrogen-bond donors (Lipinski definition) is 2. The Bertz CT molecular complexity index is 561. The highest BCUT2D eigenvalue weighted by Gasteiger charge is 2.26. The van der Waals surface area contributed by atoms with E-state index in [0.717, 1.165) is 5.56 Å². The third-order valence-electron chi connectivity index (χ3n) is 3.84. The van der Waals surface area contributed by atoms with E-state index < -0.39 is 17.7 Å². The highest BCUT2D eigenvalue weighted by molar-refractivity contribution is 5.87. The van der Waals surface area contributed by atoms with Crippen LogP contribution in [-0.4, -0.2) is 35.2 Å². The molecule has 0 spiro atoms. The molecule has 140 valence electrons. The molecule has 0 aromatic heterocycles. The number of nitrogens with one attached hydrogen (secondary N) is 1. The summed E-state index contributed by atoms with van der Waals surface area (Å²) in [6.07, 6.45) is 0.673. The molecule has 0 saturated carbocycles. The van der Waals surface area contributed by atoms with Gasteiger partial charge in [-0.05, 0) is 44.6 Å². The quantitative estimate of drug-likeness (QED) is 0.753. The predicted octanol–water partition coefficient (Wildman–Crippen LogP) is 3.49. The third kappa shape index (κ3) is 8.68. The number of aliphatic hydroxyl groups is 1. The summed E-state index contributed by atoms with van der Waals surface area (Å²) in [4.78, 5) is 24.8. The van der Waals surface area contributed by atoms with Gasteiger partial charge in [0.05, 0.1) is 6.04 Å². The molecule has 1 atom stereocenters. The largest absolute Gasteiger partial charge is 0.444 e. The zero-order valence-electron chi connectivity index (χ0n) is 16.0. The van der Waals surface area contributed by atoms with Gasteiger partial charge in [0.1, 0.15) is 5.60 Å². The van der Waals surface area contributed by atoms with Crippen LogP contribution in [0.25, 0.3) is 0 Å². The minimum atomic E-state index is -0.647. The van der Waals surface area contributed by atoms with E-state index in [0.29, 0.717) is 19.3 Å². The first-order valence-corrected chi connectivity index (χ1v) is 8.69. The molecule has 0 fully saturated rings. The molecule has 1 aromatic rings. The van der Waals surface area contributed by atoms with Crippen LogP contribution in [0.2, 0.25) is 0 Å². The van der Waals surface area contributed by atoms with E-state index in [2.05, 4.69) is 5.32 Å². The summed E-state index contributed by atoms with van der Waals surface area (Å²) in [5, 5.41) is 12.1. The minimum Gasteiger partial charge on any atom is -0.444 e. The molecule has 0 unspecified atom stereocenters. The summed E-state index contributed by atoms with van der Waals surface area (Å²) in [5.41, 5.74) is 0.0284. The highest BCUT2D eigenvalue weighted by atomic mass is 16.6. The van der Waals surface area contributed by atoms with Crippen molar-refractivity contribution in [2.75, 3.05) is 6.61 Å². The lowest BCUT2D eigenvalue weighted by Crippen LogP contribution is -2.45. The van der Waals surface area contributed by atoms with Crippen LogP contribution in [0.1, 0.15) is 53.0 Å². The van der Waals surface area contributed by atoms with Crippen LogP contribution in [0.4, 0.5) is 4.79 Å². The Morgan fingerprint density at radius 1 is 1.12 bits per heavy atom. The average Bonchev–Trinajstić information content (AvgIpc) is 2.51. The maximum absolute atomic E-state index is 12.7. The molecule has 5 nitrogen and oxygen atoms in total. The van der Waals surface area contributed by atoms with Gasteiger partial charge in [-0.3, -0.25) is 4.79 Å². The maximum Gasteiger partial charge on any atom is 0.408 e. The normalized spacial score (nSPS) is 13.2. The fourth-order valence-electron chi connectivity index (χ4n) is 2.26. The van der Waals surface area contributed by atoms with E-state index in [1.165, 1.54) is 0 Å². The SMILES string of the molecule is CC(C)(CO)CCC(=O)[C@H](Cc1ccccc1)NC(=O)OC(C)(C)C. The summed E-state index contributed by atoms with van der Waals surface area (Å²) in [7, 11) is 0. The smallest absolute Gasteiger partial charge is 0.408 e. The van der Waals surface area contributed by atoms with Gasteiger partial charge in [-0.25, -0.2) is 4.79 Å².